The lowest BCUT2D eigenvalue weighted by Gasteiger charge is -2.15. The van der Waals surface area contributed by atoms with Crippen LogP contribution in [0.25, 0.3) is 5.65 Å². The van der Waals surface area contributed by atoms with Crippen molar-refractivity contribution >= 4 is 23.2 Å². The van der Waals surface area contributed by atoms with Crippen molar-refractivity contribution in [3.8, 4) is 0 Å². The first-order chi connectivity index (χ1) is 13.0. The number of hydrogen-bond donors (Lipinski definition) is 3. The highest BCUT2D eigenvalue weighted by Crippen LogP contribution is 2.40. The number of rotatable bonds is 5. The summed E-state index contributed by atoms with van der Waals surface area (Å²) in [4.78, 5) is 8.69. The quantitative estimate of drug-likeness (QED) is 0.617. The Balaban J connectivity index is 1.50. The van der Waals surface area contributed by atoms with Crippen LogP contribution in [0.5, 0.6) is 0 Å². The molecule has 142 valence electrons. The van der Waals surface area contributed by atoms with E-state index in [1.165, 1.54) is 17.8 Å². The maximum Gasteiger partial charge on any atom is 0.180 e. The van der Waals surface area contributed by atoms with Gasteiger partial charge in [0, 0.05) is 24.7 Å². The van der Waals surface area contributed by atoms with Crippen LogP contribution < -0.4 is 5.32 Å². The van der Waals surface area contributed by atoms with E-state index in [4.69, 9.17) is 0 Å². The number of halogens is 2. The third-order valence-electron chi connectivity index (χ3n) is 4.59. The molecule has 0 bridgehead atoms. The number of nitrogens with zero attached hydrogens (tertiary/aromatic N) is 3. The molecule has 6 nitrogen and oxygen atoms in total. The van der Waals surface area contributed by atoms with Gasteiger partial charge in [0.1, 0.15) is 0 Å². The predicted molar refractivity (Wildman–Crippen MR) is 98.8 cm³/mol. The Kier molecular flexibility index (Phi) is 4.98. The first-order valence-corrected chi connectivity index (χ1v) is 9.57. The molecule has 0 saturated carbocycles. The average Bonchev–Trinajstić information content (AvgIpc) is 3.22. The minimum absolute atomic E-state index is 0.257. The SMILES string of the molecule is O[C@@H]1[C@H](O)CS[C@H]1c1cnc2c(NCCc3ccc(F)c(F)c3)nccn12. The maximum absolute atomic E-state index is 13.3. The van der Waals surface area contributed by atoms with Gasteiger partial charge in [-0.15, -0.1) is 11.8 Å². The highest BCUT2D eigenvalue weighted by molar-refractivity contribution is 7.99. The largest absolute Gasteiger partial charge is 0.390 e. The van der Waals surface area contributed by atoms with E-state index in [9.17, 15) is 19.0 Å². The molecule has 0 unspecified atom stereocenters. The van der Waals surface area contributed by atoms with Crippen molar-refractivity contribution < 1.29 is 19.0 Å². The van der Waals surface area contributed by atoms with Crippen molar-refractivity contribution in [3.05, 3.63) is 59.7 Å². The molecule has 0 aliphatic carbocycles. The first-order valence-electron chi connectivity index (χ1n) is 8.52. The Labute approximate surface area is 158 Å². The fraction of sp³-hybridized carbons (Fsp3) is 0.333. The summed E-state index contributed by atoms with van der Waals surface area (Å²) in [6, 6.07) is 3.85. The number of thioether (sulfide) groups is 1. The molecule has 1 aliphatic heterocycles. The van der Waals surface area contributed by atoms with Gasteiger partial charge in [0.2, 0.25) is 0 Å². The van der Waals surface area contributed by atoms with Gasteiger partial charge in [-0.05, 0) is 24.1 Å². The zero-order valence-corrected chi connectivity index (χ0v) is 15.0. The Morgan fingerprint density at radius 3 is 2.81 bits per heavy atom. The minimum Gasteiger partial charge on any atom is -0.390 e. The molecular weight excluding hydrogens is 374 g/mol. The van der Waals surface area contributed by atoms with Crippen LogP contribution in [0, 0.1) is 11.6 Å². The molecule has 2 aromatic heterocycles. The number of aliphatic hydroxyl groups excluding tert-OH is 2. The Hall–Kier alpha value is -2.23. The molecule has 1 saturated heterocycles. The highest BCUT2D eigenvalue weighted by atomic mass is 32.2. The summed E-state index contributed by atoms with van der Waals surface area (Å²) in [6.07, 6.45) is 3.97. The summed E-state index contributed by atoms with van der Waals surface area (Å²) >= 11 is 1.49. The second-order valence-electron chi connectivity index (χ2n) is 6.39. The van der Waals surface area contributed by atoms with Crippen LogP contribution in [0.4, 0.5) is 14.6 Å². The number of aromatic nitrogens is 3. The fourth-order valence-electron chi connectivity index (χ4n) is 3.16. The van der Waals surface area contributed by atoms with Crippen molar-refractivity contribution in [2.75, 3.05) is 17.6 Å². The van der Waals surface area contributed by atoms with Crippen LogP contribution >= 0.6 is 11.8 Å². The van der Waals surface area contributed by atoms with Crippen molar-refractivity contribution in [1.82, 2.24) is 14.4 Å². The average molecular weight is 392 g/mol. The lowest BCUT2D eigenvalue weighted by molar-refractivity contribution is 0.0411. The monoisotopic (exact) mass is 392 g/mol. The van der Waals surface area contributed by atoms with Gasteiger partial charge < -0.3 is 15.5 Å². The lowest BCUT2D eigenvalue weighted by atomic mass is 10.1. The zero-order valence-electron chi connectivity index (χ0n) is 14.2. The molecule has 3 N–H and O–H groups in total. The zero-order chi connectivity index (χ0) is 19.0. The molecular formula is C18H18F2N4O2S. The fourth-order valence-corrected chi connectivity index (χ4v) is 4.48. The van der Waals surface area contributed by atoms with Gasteiger partial charge in [-0.1, -0.05) is 6.07 Å². The molecule has 9 heteroatoms. The van der Waals surface area contributed by atoms with Gasteiger partial charge in [-0.3, -0.25) is 4.40 Å². The molecule has 4 rings (SSSR count). The molecule has 3 aromatic rings. The van der Waals surface area contributed by atoms with Crippen molar-refractivity contribution in [1.29, 1.82) is 0 Å². The molecule has 1 aliphatic rings. The maximum atomic E-state index is 13.3. The van der Waals surface area contributed by atoms with Gasteiger partial charge in [0.05, 0.1) is 29.3 Å². The number of hydrogen-bond acceptors (Lipinski definition) is 6. The van der Waals surface area contributed by atoms with Crippen LogP contribution in [0.1, 0.15) is 16.5 Å². The second kappa shape index (κ2) is 7.41. The van der Waals surface area contributed by atoms with E-state index in [-0.39, 0.29) is 5.25 Å². The summed E-state index contributed by atoms with van der Waals surface area (Å²) in [5.74, 6) is -0.686. The molecule has 0 spiro atoms. The van der Waals surface area contributed by atoms with Gasteiger partial charge in [-0.25, -0.2) is 18.7 Å². The number of nitrogens with one attached hydrogen (secondary N) is 1. The second-order valence-corrected chi connectivity index (χ2v) is 7.56. The van der Waals surface area contributed by atoms with Crippen molar-refractivity contribution in [2.45, 2.75) is 23.9 Å². The number of aliphatic hydroxyl groups is 2. The summed E-state index contributed by atoms with van der Waals surface area (Å²) in [5, 5.41) is 22.9. The summed E-state index contributed by atoms with van der Waals surface area (Å²) in [6.45, 7) is 0.472. The van der Waals surface area contributed by atoms with Crippen LogP contribution in [-0.2, 0) is 6.42 Å². The minimum atomic E-state index is -0.861. The summed E-state index contributed by atoms with van der Waals surface area (Å²) < 4.78 is 28.1. The van der Waals surface area contributed by atoms with Gasteiger partial charge in [0.25, 0.3) is 0 Å². The third-order valence-corrected chi connectivity index (χ3v) is 6.00. The Bertz CT molecular complexity index is 968. The summed E-state index contributed by atoms with van der Waals surface area (Å²) in [5.41, 5.74) is 2.08. The lowest BCUT2D eigenvalue weighted by Crippen LogP contribution is -2.25. The molecule has 0 radical (unpaired) electrons. The standard InChI is InChI=1S/C18H18F2N4O2S/c19-11-2-1-10(7-12(11)20)3-4-21-17-18-23-8-13(24(18)6-5-22-17)16-15(26)14(25)9-27-16/h1-2,5-8,14-16,25-26H,3-4,9H2,(H,21,22)/t14-,15-,16+/m1/s1. The number of anilines is 1. The molecule has 3 atom stereocenters. The molecule has 1 aromatic carbocycles. The number of fused-ring (bicyclic) bond motifs is 1. The van der Waals surface area contributed by atoms with Crippen LogP contribution in [0.15, 0.2) is 36.8 Å². The topological polar surface area (TPSA) is 82.7 Å². The number of benzene rings is 1. The van der Waals surface area contributed by atoms with E-state index >= 15 is 0 Å². The summed E-state index contributed by atoms with van der Waals surface area (Å²) in [7, 11) is 0. The van der Waals surface area contributed by atoms with E-state index in [0.717, 1.165) is 11.8 Å². The molecule has 27 heavy (non-hydrogen) atoms. The third kappa shape index (κ3) is 3.50. The van der Waals surface area contributed by atoms with Crippen molar-refractivity contribution in [2.24, 2.45) is 0 Å². The van der Waals surface area contributed by atoms with Crippen molar-refractivity contribution in [3.63, 3.8) is 0 Å². The molecule has 1 fully saturated rings. The molecule has 0 amide bonds. The smallest absolute Gasteiger partial charge is 0.180 e. The van der Waals surface area contributed by atoms with Crippen LogP contribution in [0.3, 0.4) is 0 Å². The number of imidazole rings is 1. The van der Waals surface area contributed by atoms with E-state index in [2.05, 4.69) is 15.3 Å². The van der Waals surface area contributed by atoms with E-state index in [1.54, 1.807) is 24.7 Å². The normalized spacial score (nSPS) is 22.4. The Morgan fingerprint density at radius 2 is 2.07 bits per heavy atom. The van der Waals surface area contributed by atoms with Crippen LogP contribution in [-0.4, -0.2) is 49.1 Å². The predicted octanol–water partition coefficient (Wildman–Crippen LogP) is 2.17. The Morgan fingerprint density at radius 1 is 1.22 bits per heavy atom. The van der Waals surface area contributed by atoms with E-state index in [0.29, 0.717) is 35.7 Å². The first kappa shape index (κ1) is 18.1. The van der Waals surface area contributed by atoms with Gasteiger partial charge in [0.15, 0.2) is 23.1 Å². The van der Waals surface area contributed by atoms with Crippen LogP contribution in [0.2, 0.25) is 0 Å². The van der Waals surface area contributed by atoms with E-state index < -0.39 is 23.8 Å². The van der Waals surface area contributed by atoms with E-state index in [1.807, 2.05) is 4.40 Å². The van der Waals surface area contributed by atoms with Gasteiger partial charge >= 0.3 is 0 Å². The molecule has 3 heterocycles. The highest BCUT2D eigenvalue weighted by Gasteiger charge is 2.37. The van der Waals surface area contributed by atoms with Gasteiger partial charge in [-0.2, -0.15) is 0 Å².